The van der Waals surface area contributed by atoms with E-state index in [0.29, 0.717) is 21.3 Å². The SMILES string of the molecule is CC(C)(C)OC(=O)Cn1cc(-c2ccc(Cl)cc2)c(C#N)c1-c1ccc(Cl)cc1. The fraction of sp³-hybridized carbons (Fsp3) is 0.217. The molecule has 0 amide bonds. The predicted octanol–water partition coefficient (Wildman–Crippen LogP) is 6.34. The van der Waals surface area contributed by atoms with Crippen molar-refractivity contribution in [3.8, 4) is 28.5 Å². The first-order valence-corrected chi connectivity index (χ1v) is 9.80. The van der Waals surface area contributed by atoms with Crippen LogP contribution in [0.4, 0.5) is 0 Å². The zero-order valence-corrected chi connectivity index (χ0v) is 17.9. The van der Waals surface area contributed by atoms with E-state index >= 15 is 0 Å². The van der Waals surface area contributed by atoms with Gasteiger partial charge in [0.15, 0.2) is 0 Å². The van der Waals surface area contributed by atoms with Gasteiger partial charge < -0.3 is 9.30 Å². The molecule has 0 fully saturated rings. The Kier molecular flexibility index (Phi) is 6.02. The van der Waals surface area contributed by atoms with Gasteiger partial charge in [-0.05, 0) is 56.2 Å². The summed E-state index contributed by atoms with van der Waals surface area (Å²) in [6.45, 7) is 5.44. The normalized spacial score (nSPS) is 11.2. The van der Waals surface area contributed by atoms with Crippen LogP contribution in [0, 0.1) is 11.3 Å². The van der Waals surface area contributed by atoms with Crippen LogP contribution in [0.3, 0.4) is 0 Å². The van der Waals surface area contributed by atoms with Crippen LogP contribution >= 0.6 is 23.2 Å². The fourth-order valence-corrected chi connectivity index (χ4v) is 3.33. The number of hydrogen-bond acceptors (Lipinski definition) is 3. The third-order valence-electron chi connectivity index (χ3n) is 4.18. The van der Waals surface area contributed by atoms with Crippen LogP contribution in [0.2, 0.25) is 10.0 Å². The molecule has 6 heteroatoms. The predicted molar refractivity (Wildman–Crippen MR) is 116 cm³/mol. The van der Waals surface area contributed by atoms with Crippen LogP contribution in [0.25, 0.3) is 22.4 Å². The third-order valence-corrected chi connectivity index (χ3v) is 4.69. The molecule has 1 heterocycles. The van der Waals surface area contributed by atoms with Gasteiger partial charge in [-0.25, -0.2) is 0 Å². The highest BCUT2D eigenvalue weighted by Crippen LogP contribution is 2.35. The molecule has 1 aromatic heterocycles. The first-order valence-electron chi connectivity index (χ1n) is 9.05. The molecule has 0 radical (unpaired) electrons. The van der Waals surface area contributed by atoms with Gasteiger partial charge >= 0.3 is 5.97 Å². The van der Waals surface area contributed by atoms with Crippen molar-refractivity contribution in [2.24, 2.45) is 0 Å². The molecule has 0 saturated heterocycles. The van der Waals surface area contributed by atoms with Crippen LogP contribution in [-0.4, -0.2) is 16.1 Å². The molecular formula is C23H20Cl2N2O2. The minimum absolute atomic E-state index is 0.0164. The largest absolute Gasteiger partial charge is 0.459 e. The topological polar surface area (TPSA) is 55.0 Å². The van der Waals surface area contributed by atoms with Gasteiger partial charge in [-0.2, -0.15) is 5.26 Å². The van der Waals surface area contributed by atoms with E-state index in [0.717, 1.165) is 16.7 Å². The molecule has 2 aromatic carbocycles. The Morgan fingerprint density at radius 2 is 1.52 bits per heavy atom. The number of halogens is 2. The quantitative estimate of drug-likeness (QED) is 0.457. The van der Waals surface area contributed by atoms with Crippen molar-refractivity contribution in [1.82, 2.24) is 4.57 Å². The smallest absolute Gasteiger partial charge is 0.326 e. The standard InChI is InChI=1S/C23H20Cl2N2O2/c1-23(2,3)29-21(28)14-27-13-20(15-4-8-17(24)9-5-15)19(12-26)22(27)16-6-10-18(25)11-7-16/h4-11,13H,14H2,1-3H3. The van der Waals surface area contributed by atoms with Gasteiger partial charge in [0, 0.05) is 21.8 Å². The summed E-state index contributed by atoms with van der Waals surface area (Å²) in [6, 6.07) is 16.7. The molecule has 4 nitrogen and oxygen atoms in total. The van der Waals surface area contributed by atoms with Crippen LogP contribution < -0.4 is 0 Å². The minimum atomic E-state index is -0.595. The number of hydrogen-bond donors (Lipinski definition) is 0. The number of nitriles is 1. The molecule has 0 aliphatic rings. The number of esters is 1. The first-order chi connectivity index (χ1) is 13.7. The lowest BCUT2D eigenvalue weighted by Gasteiger charge is -2.20. The lowest BCUT2D eigenvalue weighted by molar-refractivity contribution is -0.155. The fourth-order valence-electron chi connectivity index (χ4n) is 3.07. The van der Waals surface area contributed by atoms with Crippen molar-refractivity contribution in [2.75, 3.05) is 0 Å². The molecule has 0 atom stereocenters. The Labute approximate surface area is 180 Å². The molecule has 0 N–H and O–H groups in total. The van der Waals surface area contributed by atoms with E-state index in [4.69, 9.17) is 27.9 Å². The van der Waals surface area contributed by atoms with Crippen molar-refractivity contribution in [3.63, 3.8) is 0 Å². The maximum absolute atomic E-state index is 12.5. The Bertz CT molecular complexity index is 1070. The average Bonchev–Trinajstić information content (AvgIpc) is 2.99. The summed E-state index contributed by atoms with van der Waals surface area (Å²) >= 11 is 12.0. The Hall–Kier alpha value is -2.74. The lowest BCUT2D eigenvalue weighted by atomic mass is 10.0. The van der Waals surface area contributed by atoms with Crippen LogP contribution in [0.15, 0.2) is 54.7 Å². The van der Waals surface area contributed by atoms with E-state index < -0.39 is 5.60 Å². The highest BCUT2D eigenvalue weighted by atomic mass is 35.5. The van der Waals surface area contributed by atoms with Crippen molar-refractivity contribution < 1.29 is 9.53 Å². The Morgan fingerprint density at radius 1 is 1.00 bits per heavy atom. The molecule has 0 spiro atoms. The van der Waals surface area contributed by atoms with Crippen LogP contribution in [0.5, 0.6) is 0 Å². The number of aromatic nitrogens is 1. The number of rotatable bonds is 4. The van der Waals surface area contributed by atoms with E-state index in [-0.39, 0.29) is 12.5 Å². The number of ether oxygens (including phenoxy) is 1. The molecule has 3 aromatic rings. The van der Waals surface area contributed by atoms with Crippen molar-refractivity contribution in [2.45, 2.75) is 32.9 Å². The third kappa shape index (κ3) is 5.00. The van der Waals surface area contributed by atoms with Gasteiger partial charge in [0.2, 0.25) is 0 Å². The molecule has 0 bridgehead atoms. The zero-order chi connectivity index (χ0) is 21.2. The molecule has 0 saturated carbocycles. The molecule has 0 unspecified atom stereocenters. The molecule has 148 valence electrons. The second-order valence-corrected chi connectivity index (χ2v) is 8.48. The van der Waals surface area contributed by atoms with E-state index in [2.05, 4.69) is 6.07 Å². The van der Waals surface area contributed by atoms with Crippen LogP contribution in [0.1, 0.15) is 26.3 Å². The molecule has 29 heavy (non-hydrogen) atoms. The maximum Gasteiger partial charge on any atom is 0.326 e. The Balaban J connectivity index is 2.14. The monoisotopic (exact) mass is 426 g/mol. The highest BCUT2D eigenvalue weighted by molar-refractivity contribution is 6.31. The van der Waals surface area contributed by atoms with Crippen molar-refractivity contribution >= 4 is 29.2 Å². The van der Waals surface area contributed by atoms with Gasteiger partial charge in [-0.15, -0.1) is 0 Å². The zero-order valence-electron chi connectivity index (χ0n) is 16.4. The summed E-state index contributed by atoms with van der Waals surface area (Å²) in [7, 11) is 0. The van der Waals surface area contributed by atoms with Crippen molar-refractivity contribution in [3.05, 3.63) is 70.3 Å². The Morgan fingerprint density at radius 3 is 2.00 bits per heavy atom. The summed E-state index contributed by atoms with van der Waals surface area (Å²) in [6.07, 6.45) is 1.80. The highest BCUT2D eigenvalue weighted by Gasteiger charge is 2.22. The second kappa shape index (κ2) is 8.32. The average molecular weight is 427 g/mol. The van der Waals surface area contributed by atoms with Gasteiger partial charge in [0.05, 0.1) is 11.3 Å². The van der Waals surface area contributed by atoms with E-state index in [1.165, 1.54) is 0 Å². The molecule has 0 aliphatic heterocycles. The summed E-state index contributed by atoms with van der Waals surface area (Å²) in [5.41, 5.74) is 2.86. The summed E-state index contributed by atoms with van der Waals surface area (Å²) in [4.78, 5) is 12.5. The number of carbonyl (C=O) groups is 1. The molecular weight excluding hydrogens is 407 g/mol. The maximum atomic E-state index is 12.5. The van der Waals surface area contributed by atoms with Gasteiger partial charge in [-0.3, -0.25) is 4.79 Å². The molecule has 3 rings (SSSR count). The van der Waals surface area contributed by atoms with E-state index in [1.54, 1.807) is 35.0 Å². The number of carbonyl (C=O) groups excluding carboxylic acids is 1. The van der Waals surface area contributed by atoms with Crippen LogP contribution in [-0.2, 0) is 16.1 Å². The number of benzene rings is 2. The first kappa shape index (κ1) is 21.0. The minimum Gasteiger partial charge on any atom is -0.459 e. The van der Waals surface area contributed by atoms with Gasteiger partial charge in [0.25, 0.3) is 0 Å². The summed E-state index contributed by atoms with van der Waals surface area (Å²) in [5, 5.41) is 11.1. The lowest BCUT2D eigenvalue weighted by Crippen LogP contribution is -2.26. The van der Waals surface area contributed by atoms with Crippen molar-refractivity contribution in [1.29, 1.82) is 5.26 Å². The van der Waals surface area contributed by atoms with E-state index in [1.807, 2.05) is 45.0 Å². The van der Waals surface area contributed by atoms with E-state index in [9.17, 15) is 10.1 Å². The summed E-state index contributed by atoms with van der Waals surface area (Å²) in [5.74, 6) is -0.380. The second-order valence-electron chi connectivity index (χ2n) is 7.61. The summed E-state index contributed by atoms with van der Waals surface area (Å²) < 4.78 is 7.22. The van der Waals surface area contributed by atoms with Gasteiger partial charge in [0.1, 0.15) is 18.2 Å². The number of nitrogens with zero attached hydrogens (tertiary/aromatic N) is 2. The van der Waals surface area contributed by atoms with Gasteiger partial charge in [-0.1, -0.05) is 47.5 Å². The molecule has 0 aliphatic carbocycles.